The first kappa shape index (κ1) is 33.2. The van der Waals surface area contributed by atoms with E-state index in [-0.39, 0.29) is 62.9 Å². The number of ether oxygens (including phenoxy) is 1. The van der Waals surface area contributed by atoms with Gasteiger partial charge in [-0.05, 0) is 69.1 Å². The van der Waals surface area contributed by atoms with Gasteiger partial charge in [-0.2, -0.15) is 15.1 Å². The third-order valence-corrected chi connectivity index (χ3v) is 9.36. The fourth-order valence-electron chi connectivity index (χ4n) is 6.87. The first-order chi connectivity index (χ1) is 23.9. The number of nitrogens with zero attached hydrogens (tertiary/aromatic N) is 7. The van der Waals surface area contributed by atoms with Crippen LogP contribution in [0.2, 0.25) is 0 Å². The minimum Gasteiger partial charge on any atom is -0.508 e. The number of halogens is 3. The van der Waals surface area contributed by atoms with E-state index < -0.39 is 23.0 Å². The van der Waals surface area contributed by atoms with Gasteiger partial charge in [0.2, 0.25) is 0 Å². The fraction of sp³-hybridized carbons (Fsp3) is 0.351. The molecule has 3 aromatic carbocycles. The Hall–Kier alpha value is -5.35. The van der Waals surface area contributed by atoms with Crippen LogP contribution in [0.3, 0.4) is 0 Å². The zero-order valence-electron chi connectivity index (χ0n) is 28.2. The van der Waals surface area contributed by atoms with E-state index in [0.717, 1.165) is 43.3 Å². The number of rotatable bonds is 8. The fourth-order valence-corrected chi connectivity index (χ4v) is 6.87. The van der Waals surface area contributed by atoms with Crippen LogP contribution in [0, 0.1) is 35.2 Å². The average molecular weight is 684 g/mol. The second-order valence-corrected chi connectivity index (χ2v) is 13.7. The average Bonchev–Trinajstić information content (AvgIpc) is 3.76. The van der Waals surface area contributed by atoms with E-state index in [1.54, 1.807) is 24.8 Å². The number of aromatic hydroxyl groups is 1. The van der Waals surface area contributed by atoms with Crippen LogP contribution in [0.5, 0.6) is 11.8 Å². The van der Waals surface area contributed by atoms with Crippen LogP contribution in [0.4, 0.5) is 19.0 Å². The molecule has 50 heavy (non-hydrogen) atoms. The van der Waals surface area contributed by atoms with Gasteiger partial charge in [0, 0.05) is 55.5 Å². The number of phenols is 1. The van der Waals surface area contributed by atoms with Crippen LogP contribution in [0.15, 0.2) is 36.4 Å². The molecule has 0 radical (unpaired) electrons. The van der Waals surface area contributed by atoms with Gasteiger partial charge in [0.25, 0.3) is 5.91 Å². The molecule has 1 fully saturated rings. The Morgan fingerprint density at radius 3 is 2.54 bits per heavy atom. The quantitative estimate of drug-likeness (QED) is 0.212. The Bertz CT molecular complexity index is 2220. The summed E-state index contributed by atoms with van der Waals surface area (Å²) in [4.78, 5) is 27.3. The maximum absolute atomic E-state index is 17.0. The Morgan fingerprint density at radius 1 is 1.06 bits per heavy atom. The van der Waals surface area contributed by atoms with E-state index in [4.69, 9.17) is 16.1 Å². The lowest BCUT2D eigenvalue weighted by Gasteiger charge is -2.24. The number of carbonyl (C=O) groups is 1. The van der Waals surface area contributed by atoms with Gasteiger partial charge in [-0.3, -0.25) is 9.48 Å². The standard InChI is InChI=1S/C37H36F3N7O3/c1-6-24-27(38)9-8-21-14-23(48)16-25(30(21)24)31-28(39)17-26-33(32(31)40)41-36(50-20-37(10-11-37)19-44(2)3)42-34(26)46-12-7-13-47-22(18-46)15-29(43-47)35(49)45(4)5/h1,8-9,14-17,48H,7,10-13,18-20H2,2-5H3. The molecule has 7 rings (SSSR count). The summed E-state index contributed by atoms with van der Waals surface area (Å²) < 4.78 is 56.3. The first-order valence-electron chi connectivity index (χ1n) is 16.3. The van der Waals surface area contributed by atoms with Crippen molar-refractivity contribution in [1.82, 2.24) is 29.5 Å². The minimum atomic E-state index is -1.04. The second-order valence-electron chi connectivity index (χ2n) is 13.7. The molecule has 1 aliphatic carbocycles. The van der Waals surface area contributed by atoms with Gasteiger partial charge in [0.1, 0.15) is 28.7 Å². The zero-order chi connectivity index (χ0) is 35.5. The monoisotopic (exact) mass is 683 g/mol. The van der Waals surface area contributed by atoms with Crippen LogP contribution in [0.25, 0.3) is 32.8 Å². The predicted octanol–water partition coefficient (Wildman–Crippen LogP) is 5.58. The molecule has 0 unspecified atom stereocenters. The number of benzene rings is 3. The van der Waals surface area contributed by atoms with E-state index in [2.05, 4.69) is 20.9 Å². The van der Waals surface area contributed by atoms with E-state index >= 15 is 8.78 Å². The molecule has 3 heterocycles. The predicted molar refractivity (Wildman–Crippen MR) is 184 cm³/mol. The lowest BCUT2D eigenvalue weighted by atomic mass is 9.92. The van der Waals surface area contributed by atoms with Crippen molar-refractivity contribution >= 4 is 33.4 Å². The highest BCUT2D eigenvalue weighted by atomic mass is 19.1. The molecular weight excluding hydrogens is 647 g/mol. The van der Waals surface area contributed by atoms with E-state index in [1.165, 1.54) is 17.0 Å². The van der Waals surface area contributed by atoms with Crippen molar-refractivity contribution < 1.29 is 27.8 Å². The number of anilines is 1. The number of phenolic OH excluding ortho intramolecular Hbond substituents is 1. The van der Waals surface area contributed by atoms with Crippen LogP contribution in [0.1, 0.15) is 41.0 Å². The normalized spacial score (nSPS) is 15.2. The highest BCUT2D eigenvalue weighted by Gasteiger charge is 2.44. The van der Waals surface area contributed by atoms with Crippen molar-refractivity contribution in [2.45, 2.75) is 32.4 Å². The van der Waals surface area contributed by atoms with Gasteiger partial charge in [-0.25, -0.2) is 13.2 Å². The van der Waals surface area contributed by atoms with E-state index in [9.17, 15) is 14.3 Å². The van der Waals surface area contributed by atoms with Crippen molar-refractivity contribution in [3.8, 4) is 35.2 Å². The molecule has 0 bridgehead atoms. The third kappa shape index (κ3) is 5.94. The molecule has 1 aliphatic heterocycles. The van der Waals surface area contributed by atoms with Crippen LogP contribution < -0.4 is 9.64 Å². The Labute approximate surface area is 287 Å². The number of amides is 1. The van der Waals surface area contributed by atoms with Crippen molar-refractivity contribution in [3.05, 3.63) is 70.8 Å². The lowest BCUT2D eigenvalue weighted by molar-refractivity contribution is 0.0821. The number of hydrogen-bond donors (Lipinski definition) is 1. The summed E-state index contributed by atoms with van der Waals surface area (Å²) in [6, 6.07) is 7.84. The molecule has 1 saturated carbocycles. The highest BCUT2D eigenvalue weighted by Crippen LogP contribution is 2.47. The maximum atomic E-state index is 17.0. The molecule has 0 spiro atoms. The lowest BCUT2D eigenvalue weighted by Crippen LogP contribution is -2.28. The van der Waals surface area contributed by atoms with Gasteiger partial charge >= 0.3 is 6.01 Å². The Kier molecular flexibility index (Phi) is 8.30. The van der Waals surface area contributed by atoms with E-state index in [1.807, 2.05) is 19.0 Å². The molecule has 1 N–H and O–H groups in total. The van der Waals surface area contributed by atoms with Crippen molar-refractivity contribution in [2.75, 3.05) is 52.8 Å². The topological polar surface area (TPSA) is 99.9 Å². The number of hydrogen-bond acceptors (Lipinski definition) is 8. The molecule has 258 valence electrons. The molecule has 10 nitrogen and oxygen atoms in total. The van der Waals surface area contributed by atoms with Gasteiger partial charge < -0.3 is 24.5 Å². The molecule has 0 atom stereocenters. The summed E-state index contributed by atoms with van der Waals surface area (Å²) in [7, 11) is 7.28. The summed E-state index contributed by atoms with van der Waals surface area (Å²) in [5.74, 6) is -0.734. The number of fused-ring (bicyclic) bond motifs is 3. The molecule has 13 heteroatoms. The molecule has 1 amide bonds. The number of aryl methyl sites for hydroxylation is 1. The first-order valence-corrected chi connectivity index (χ1v) is 16.3. The highest BCUT2D eigenvalue weighted by molar-refractivity contribution is 6.04. The van der Waals surface area contributed by atoms with Crippen molar-refractivity contribution in [2.24, 2.45) is 5.41 Å². The van der Waals surface area contributed by atoms with Gasteiger partial charge in [0.15, 0.2) is 11.5 Å². The second kappa shape index (κ2) is 12.5. The minimum absolute atomic E-state index is 0.0775. The van der Waals surface area contributed by atoms with Crippen LogP contribution >= 0.6 is 0 Å². The smallest absolute Gasteiger partial charge is 0.319 e. The third-order valence-electron chi connectivity index (χ3n) is 9.36. The molecule has 2 aliphatic rings. The SMILES string of the molecule is C#Cc1c(F)ccc2cc(O)cc(-c3c(F)cc4c(N5CCCn6nc(C(=O)N(C)C)cc6C5)nc(OCC5(CN(C)C)CC5)nc4c3F)c12. The largest absolute Gasteiger partial charge is 0.508 e. The Balaban J connectivity index is 1.40. The summed E-state index contributed by atoms with van der Waals surface area (Å²) in [6.07, 6.45) is 8.18. The molecule has 5 aromatic rings. The Morgan fingerprint density at radius 2 is 1.84 bits per heavy atom. The van der Waals surface area contributed by atoms with Gasteiger partial charge in [-0.15, -0.1) is 6.42 Å². The summed E-state index contributed by atoms with van der Waals surface area (Å²) >= 11 is 0. The maximum Gasteiger partial charge on any atom is 0.319 e. The van der Waals surface area contributed by atoms with Crippen molar-refractivity contribution in [1.29, 1.82) is 0 Å². The molecule has 0 saturated heterocycles. The van der Waals surface area contributed by atoms with Crippen LogP contribution in [-0.4, -0.2) is 88.4 Å². The number of terminal acetylenes is 1. The number of carbonyl (C=O) groups excluding carboxylic acids is 1. The molecule has 2 aromatic heterocycles. The summed E-state index contributed by atoms with van der Waals surface area (Å²) in [6.45, 7) is 2.33. The molecular formula is C37H36F3N7O3. The van der Waals surface area contributed by atoms with Gasteiger partial charge in [-0.1, -0.05) is 12.0 Å². The van der Waals surface area contributed by atoms with E-state index in [0.29, 0.717) is 37.2 Å². The summed E-state index contributed by atoms with van der Waals surface area (Å²) in [5, 5.41) is 15.6. The zero-order valence-corrected chi connectivity index (χ0v) is 28.2. The van der Waals surface area contributed by atoms with Gasteiger partial charge in [0.05, 0.1) is 30.0 Å². The number of aromatic nitrogens is 4. The van der Waals surface area contributed by atoms with Crippen LogP contribution in [-0.2, 0) is 13.1 Å². The van der Waals surface area contributed by atoms with Crippen molar-refractivity contribution in [3.63, 3.8) is 0 Å². The summed E-state index contributed by atoms with van der Waals surface area (Å²) in [5.41, 5.74) is -0.105.